The summed E-state index contributed by atoms with van der Waals surface area (Å²) in [4.78, 5) is 0. The van der Waals surface area contributed by atoms with Gasteiger partial charge >= 0.3 is 0 Å². The molecule has 0 unspecified atom stereocenters. The van der Waals surface area contributed by atoms with E-state index >= 15 is 0 Å². The van der Waals surface area contributed by atoms with Crippen LogP contribution in [0.2, 0.25) is 0 Å². The van der Waals surface area contributed by atoms with Crippen molar-refractivity contribution < 1.29 is 0 Å². The monoisotopic (exact) mass is 821 g/mol. The molecule has 1 heteroatoms. The summed E-state index contributed by atoms with van der Waals surface area (Å²) >= 11 is 0. The molecule has 1 aromatic heterocycles. The highest BCUT2D eigenvalue weighted by Gasteiger charge is 2.20. The molecule has 14 rings (SSSR count). The fourth-order valence-corrected chi connectivity index (χ4v) is 11.2. The minimum Gasteiger partial charge on any atom is -0.309 e. The van der Waals surface area contributed by atoms with Crippen LogP contribution in [0.3, 0.4) is 0 Å². The molecule has 0 atom stereocenters. The maximum absolute atomic E-state index is 2.47. The summed E-state index contributed by atoms with van der Waals surface area (Å²) < 4.78 is 2.47. The van der Waals surface area contributed by atoms with Crippen LogP contribution in [0.15, 0.2) is 237 Å². The molecule has 0 aliphatic rings. The SMILES string of the molecule is c1ccc(-c2c3ccccc3c(-c3ccc4cc5cc(-n6c7ccc8ccccc8c7c7c8ccccc8ccc76)ccc5cc4c3)c3ccc(-c4cccc5ccccc45)cc23)cc1. The van der Waals surface area contributed by atoms with Crippen molar-refractivity contribution in [3.63, 3.8) is 0 Å². The first-order valence-corrected chi connectivity index (χ1v) is 22.6. The third kappa shape index (κ3) is 5.46. The molecule has 0 N–H and O–H groups in total. The van der Waals surface area contributed by atoms with Gasteiger partial charge in [0.05, 0.1) is 11.0 Å². The van der Waals surface area contributed by atoms with Crippen LogP contribution < -0.4 is 0 Å². The van der Waals surface area contributed by atoms with E-state index in [1.54, 1.807) is 0 Å². The van der Waals surface area contributed by atoms with Gasteiger partial charge in [-0.1, -0.05) is 188 Å². The zero-order valence-corrected chi connectivity index (χ0v) is 35.5. The van der Waals surface area contributed by atoms with E-state index in [1.165, 1.54) is 136 Å². The smallest absolute Gasteiger partial charge is 0.0547 e. The maximum Gasteiger partial charge on any atom is 0.0547 e. The normalized spacial score (nSPS) is 12.0. The van der Waals surface area contributed by atoms with Gasteiger partial charge in [-0.05, 0) is 157 Å². The van der Waals surface area contributed by atoms with E-state index in [0.717, 1.165) is 0 Å². The van der Waals surface area contributed by atoms with Crippen LogP contribution in [0.1, 0.15) is 0 Å². The van der Waals surface area contributed by atoms with Crippen LogP contribution in [0.25, 0.3) is 136 Å². The van der Waals surface area contributed by atoms with Gasteiger partial charge in [-0.15, -0.1) is 0 Å². The number of nitrogens with zero attached hydrogens (tertiary/aromatic N) is 1. The first-order valence-electron chi connectivity index (χ1n) is 22.6. The fourth-order valence-electron chi connectivity index (χ4n) is 11.2. The van der Waals surface area contributed by atoms with E-state index in [-0.39, 0.29) is 0 Å². The van der Waals surface area contributed by atoms with Gasteiger partial charge in [-0.3, -0.25) is 0 Å². The van der Waals surface area contributed by atoms with Crippen molar-refractivity contribution in [2.24, 2.45) is 0 Å². The lowest BCUT2D eigenvalue weighted by molar-refractivity contribution is 1.19. The highest BCUT2D eigenvalue weighted by atomic mass is 15.0. The number of aromatic nitrogens is 1. The quantitative estimate of drug-likeness (QED) is 0.156. The van der Waals surface area contributed by atoms with Crippen LogP contribution in [-0.2, 0) is 0 Å². The topological polar surface area (TPSA) is 4.93 Å². The second-order valence-corrected chi connectivity index (χ2v) is 17.6. The maximum atomic E-state index is 2.47. The lowest BCUT2D eigenvalue weighted by Crippen LogP contribution is -1.94. The molecule has 1 nitrogen and oxygen atoms in total. The van der Waals surface area contributed by atoms with Crippen LogP contribution in [0.4, 0.5) is 0 Å². The Morgan fingerprint density at radius 2 is 0.723 bits per heavy atom. The zero-order valence-electron chi connectivity index (χ0n) is 35.5. The molecule has 0 saturated carbocycles. The van der Waals surface area contributed by atoms with Gasteiger partial charge in [0.1, 0.15) is 0 Å². The summed E-state index contributed by atoms with van der Waals surface area (Å²) in [7, 11) is 0. The molecule has 14 aromatic rings. The summed E-state index contributed by atoms with van der Waals surface area (Å²) in [6.07, 6.45) is 0. The first-order chi connectivity index (χ1) is 32.2. The van der Waals surface area contributed by atoms with E-state index in [2.05, 4.69) is 241 Å². The average molecular weight is 822 g/mol. The second kappa shape index (κ2) is 14.0. The van der Waals surface area contributed by atoms with Crippen LogP contribution in [0.5, 0.6) is 0 Å². The Morgan fingerprint density at radius 3 is 1.40 bits per heavy atom. The predicted octanol–water partition coefficient (Wildman–Crippen LogP) is 17.9. The van der Waals surface area contributed by atoms with Crippen LogP contribution in [-0.4, -0.2) is 4.57 Å². The Labute approximate surface area is 375 Å². The minimum absolute atomic E-state index is 1.17. The lowest BCUT2D eigenvalue weighted by atomic mass is 9.84. The molecule has 0 aliphatic carbocycles. The second-order valence-electron chi connectivity index (χ2n) is 17.6. The number of fused-ring (bicyclic) bond motifs is 12. The highest BCUT2D eigenvalue weighted by Crippen LogP contribution is 2.46. The molecule has 0 aliphatic heterocycles. The zero-order chi connectivity index (χ0) is 42.6. The van der Waals surface area contributed by atoms with Crippen molar-refractivity contribution in [1.29, 1.82) is 0 Å². The van der Waals surface area contributed by atoms with Gasteiger partial charge in [0.15, 0.2) is 0 Å². The van der Waals surface area contributed by atoms with E-state index in [0.29, 0.717) is 0 Å². The average Bonchev–Trinajstić information content (AvgIpc) is 3.72. The van der Waals surface area contributed by atoms with Crippen LogP contribution >= 0.6 is 0 Å². The summed E-state index contributed by atoms with van der Waals surface area (Å²) in [6, 6.07) is 88.0. The molecule has 0 amide bonds. The van der Waals surface area contributed by atoms with Gasteiger partial charge in [0.25, 0.3) is 0 Å². The molecule has 0 saturated heterocycles. The van der Waals surface area contributed by atoms with E-state index in [1.807, 2.05) is 0 Å². The van der Waals surface area contributed by atoms with Crippen LogP contribution in [0, 0.1) is 0 Å². The van der Waals surface area contributed by atoms with Gasteiger partial charge in [-0.25, -0.2) is 0 Å². The molecular weight excluding hydrogens is 783 g/mol. The lowest BCUT2D eigenvalue weighted by Gasteiger charge is -2.19. The summed E-state index contributed by atoms with van der Waals surface area (Å²) in [5.41, 5.74) is 11.1. The molecule has 0 spiro atoms. The van der Waals surface area contributed by atoms with E-state index in [9.17, 15) is 0 Å². The Balaban J connectivity index is 0.963. The summed E-state index contributed by atoms with van der Waals surface area (Å²) in [6.45, 7) is 0. The van der Waals surface area contributed by atoms with E-state index in [4.69, 9.17) is 0 Å². The van der Waals surface area contributed by atoms with Crippen molar-refractivity contribution >= 4 is 97.2 Å². The third-order valence-corrected chi connectivity index (χ3v) is 14.1. The Bertz CT molecular complexity index is 4190. The highest BCUT2D eigenvalue weighted by molar-refractivity contribution is 6.29. The van der Waals surface area contributed by atoms with Crippen molar-refractivity contribution in [3.8, 4) is 39.1 Å². The largest absolute Gasteiger partial charge is 0.309 e. The Morgan fingerprint density at radius 1 is 0.231 bits per heavy atom. The number of hydrogen-bond donors (Lipinski definition) is 0. The molecular formula is C64H39N. The molecule has 300 valence electrons. The molecule has 0 radical (unpaired) electrons. The Hall–Kier alpha value is -8.52. The number of benzene rings is 13. The molecule has 0 bridgehead atoms. The van der Waals surface area contributed by atoms with E-state index < -0.39 is 0 Å². The Kier molecular flexibility index (Phi) is 7.75. The minimum atomic E-state index is 1.17. The van der Waals surface area contributed by atoms with Gasteiger partial charge in [0, 0.05) is 16.5 Å². The molecule has 1 heterocycles. The van der Waals surface area contributed by atoms with Gasteiger partial charge in [0.2, 0.25) is 0 Å². The standard InChI is InChI=1S/C64H39N/c1-2-16-43(17-3-1)61-55-22-10-11-23-56(55)62(57-32-28-46(39-58(57)61)52-24-12-18-40-13-4-7-19-51(40)52)47-26-25-44-36-49-38-50(31-27-45(49)35-48(44)37-47)65-59-33-29-41-14-5-8-20-53(41)63(59)64-54-21-9-6-15-42(54)30-34-60(64)65/h1-39H. The number of hydrogen-bond acceptors (Lipinski definition) is 0. The predicted molar refractivity (Wildman–Crippen MR) is 280 cm³/mol. The van der Waals surface area contributed by atoms with Crippen molar-refractivity contribution in [2.75, 3.05) is 0 Å². The van der Waals surface area contributed by atoms with Gasteiger partial charge < -0.3 is 4.57 Å². The fraction of sp³-hybridized carbons (Fsp3) is 0. The van der Waals surface area contributed by atoms with Crippen molar-refractivity contribution in [3.05, 3.63) is 237 Å². The molecule has 13 aromatic carbocycles. The summed E-state index contributed by atoms with van der Waals surface area (Å²) in [5.74, 6) is 0. The molecule has 65 heavy (non-hydrogen) atoms. The third-order valence-electron chi connectivity index (χ3n) is 14.1. The number of rotatable bonds is 4. The van der Waals surface area contributed by atoms with Crippen molar-refractivity contribution in [2.45, 2.75) is 0 Å². The van der Waals surface area contributed by atoms with Gasteiger partial charge in [-0.2, -0.15) is 0 Å². The first kappa shape index (κ1) is 36.0. The summed E-state index contributed by atoms with van der Waals surface area (Å²) in [5, 5.41) is 20.2. The molecule has 0 fully saturated rings. The van der Waals surface area contributed by atoms with Crippen molar-refractivity contribution in [1.82, 2.24) is 4.57 Å².